The molecule has 1 aromatic rings. The quantitative estimate of drug-likeness (QED) is 0.670. The van der Waals surface area contributed by atoms with E-state index in [0.29, 0.717) is 0 Å². The van der Waals surface area contributed by atoms with E-state index in [1.165, 1.54) is 31.2 Å². The molecule has 0 radical (unpaired) electrons. The van der Waals surface area contributed by atoms with Gasteiger partial charge in [0.1, 0.15) is 0 Å². The lowest BCUT2D eigenvalue weighted by Crippen LogP contribution is -2.06. The predicted molar refractivity (Wildman–Crippen MR) is 64.4 cm³/mol. The van der Waals surface area contributed by atoms with E-state index in [9.17, 15) is 0 Å². The van der Waals surface area contributed by atoms with Crippen molar-refractivity contribution in [3.8, 4) is 0 Å². The average molecular weight is 198 g/mol. The summed E-state index contributed by atoms with van der Waals surface area (Å²) in [6.07, 6.45) is 10.7. The van der Waals surface area contributed by atoms with Crippen molar-refractivity contribution >= 4 is 6.08 Å². The number of allylic oxidation sites excluding steroid dienone is 1. The van der Waals surface area contributed by atoms with Gasteiger partial charge in [-0.3, -0.25) is 0 Å². The van der Waals surface area contributed by atoms with E-state index in [1.807, 2.05) is 0 Å². The van der Waals surface area contributed by atoms with E-state index in [1.54, 1.807) is 0 Å². The molecule has 3 rings (SSSR count). The maximum absolute atomic E-state index is 2.46. The molecule has 15 heavy (non-hydrogen) atoms. The molecule has 0 saturated heterocycles. The van der Waals surface area contributed by atoms with E-state index < -0.39 is 0 Å². The van der Waals surface area contributed by atoms with Crippen LogP contribution in [0.2, 0.25) is 0 Å². The van der Waals surface area contributed by atoms with Crippen molar-refractivity contribution < 1.29 is 0 Å². The Kier molecular flexibility index (Phi) is 2.36. The molecule has 0 heterocycles. The molecule has 0 amide bonds. The molecule has 2 saturated carbocycles. The van der Waals surface area contributed by atoms with Gasteiger partial charge in [-0.15, -0.1) is 0 Å². The standard InChI is InChI=1S/C15H18/c1-2-4-12(5-3-1)6-8-14-10-13-7-9-15(14)11-13/h1-6,8,13-15H,7,9-11H2/b8-6+. The third kappa shape index (κ3) is 1.86. The topological polar surface area (TPSA) is 0 Å². The van der Waals surface area contributed by atoms with Crippen LogP contribution < -0.4 is 0 Å². The monoisotopic (exact) mass is 198 g/mol. The normalized spacial score (nSPS) is 34.0. The highest BCUT2D eigenvalue weighted by Gasteiger charge is 2.37. The maximum Gasteiger partial charge on any atom is -0.0199 e. The third-order valence-corrected chi connectivity index (χ3v) is 4.13. The first kappa shape index (κ1) is 9.21. The zero-order chi connectivity index (χ0) is 10.1. The van der Waals surface area contributed by atoms with Crippen LogP contribution in [0.25, 0.3) is 6.08 Å². The lowest BCUT2D eigenvalue weighted by atomic mass is 9.88. The number of hydrogen-bond acceptors (Lipinski definition) is 0. The van der Waals surface area contributed by atoms with Crippen molar-refractivity contribution in [2.24, 2.45) is 17.8 Å². The largest absolute Gasteiger partial charge is 0.0805 e. The van der Waals surface area contributed by atoms with Crippen molar-refractivity contribution in [3.63, 3.8) is 0 Å². The highest BCUT2D eigenvalue weighted by atomic mass is 14.4. The minimum Gasteiger partial charge on any atom is -0.0805 e. The van der Waals surface area contributed by atoms with Crippen molar-refractivity contribution in [1.82, 2.24) is 0 Å². The zero-order valence-corrected chi connectivity index (χ0v) is 9.10. The van der Waals surface area contributed by atoms with Crippen LogP contribution >= 0.6 is 0 Å². The van der Waals surface area contributed by atoms with Crippen LogP contribution in [-0.4, -0.2) is 0 Å². The summed E-state index contributed by atoms with van der Waals surface area (Å²) in [6, 6.07) is 10.7. The molecular formula is C15H18. The Bertz CT molecular complexity index is 350. The Labute approximate surface area is 92.0 Å². The molecule has 2 fully saturated rings. The van der Waals surface area contributed by atoms with E-state index in [2.05, 4.69) is 42.5 Å². The molecule has 78 valence electrons. The Morgan fingerprint density at radius 1 is 1.00 bits per heavy atom. The first-order valence-electron chi connectivity index (χ1n) is 6.15. The third-order valence-electron chi connectivity index (χ3n) is 4.13. The Balaban J connectivity index is 1.68. The molecule has 0 N–H and O–H groups in total. The lowest BCUT2D eigenvalue weighted by Gasteiger charge is -2.17. The summed E-state index contributed by atoms with van der Waals surface area (Å²) in [5.74, 6) is 2.94. The summed E-state index contributed by atoms with van der Waals surface area (Å²) >= 11 is 0. The number of hydrogen-bond donors (Lipinski definition) is 0. The first-order chi connectivity index (χ1) is 7.42. The summed E-state index contributed by atoms with van der Waals surface area (Å²) in [5, 5.41) is 0. The maximum atomic E-state index is 2.46. The van der Waals surface area contributed by atoms with Crippen LogP contribution in [-0.2, 0) is 0 Å². The van der Waals surface area contributed by atoms with Crippen molar-refractivity contribution in [1.29, 1.82) is 0 Å². The van der Waals surface area contributed by atoms with Gasteiger partial charge in [-0.1, -0.05) is 48.9 Å². The molecule has 3 unspecified atom stereocenters. The Morgan fingerprint density at radius 2 is 1.87 bits per heavy atom. The molecule has 0 aromatic heterocycles. The fraction of sp³-hybridized carbons (Fsp3) is 0.467. The van der Waals surface area contributed by atoms with Gasteiger partial charge in [0.2, 0.25) is 0 Å². The fourth-order valence-corrected chi connectivity index (χ4v) is 3.33. The summed E-state index contributed by atoms with van der Waals surface area (Å²) in [4.78, 5) is 0. The molecule has 0 nitrogen and oxygen atoms in total. The van der Waals surface area contributed by atoms with E-state index in [0.717, 1.165) is 17.8 Å². The van der Waals surface area contributed by atoms with Gasteiger partial charge in [-0.25, -0.2) is 0 Å². The van der Waals surface area contributed by atoms with Crippen LogP contribution in [0.15, 0.2) is 36.4 Å². The van der Waals surface area contributed by atoms with Gasteiger partial charge in [-0.05, 0) is 42.6 Å². The Morgan fingerprint density at radius 3 is 2.53 bits per heavy atom. The van der Waals surface area contributed by atoms with Crippen LogP contribution in [0.3, 0.4) is 0 Å². The van der Waals surface area contributed by atoms with E-state index in [-0.39, 0.29) is 0 Å². The summed E-state index contributed by atoms with van der Waals surface area (Å²) in [5.41, 5.74) is 1.35. The number of benzene rings is 1. The SMILES string of the molecule is C(=C\C1CC2CCC1C2)/c1ccccc1. The molecule has 0 aliphatic heterocycles. The lowest BCUT2D eigenvalue weighted by molar-refractivity contribution is 0.396. The summed E-state index contributed by atoms with van der Waals surface area (Å²) in [7, 11) is 0. The first-order valence-corrected chi connectivity index (χ1v) is 6.15. The molecule has 2 aliphatic carbocycles. The summed E-state index contributed by atoms with van der Waals surface area (Å²) < 4.78 is 0. The van der Waals surface area contributed by atoms with E-state index >= 15 is 0 Å². The van der Waals surface area contributed by atoms with Gasteiger partial charge in [0, 0.05) is 0 Å². The smallest absolute Gasteiger partial charge is 0.0199 e. The molecule has 2 aliphatic rings. The average Bonchev–Trinajstić information content (AvgIpc) is 2.89. The molecule has 2 bridgehead atoms. The van der Waals surface area contributed by atoms with Crippen LogP contribution in [0, 0.1) is 17.8 Å². The molecular weight excluding hydrogens is 180 g/mol. The molecule has 0 heteroatoms. The van der Waals surface area contributed by atoms with Crippen LogP contribution in [0.5, 0.6) is 0 Å². The Hall–Kier alpha value is -1.04. The zero-order valence-electron chi connectivity index (χ0n) is 9.10. The van der Waals surface area contributed by atoms with Crippen LogP contribution in [0.1, 0.15) is 31.2 Å². The second-order valence-electron chi connectivity index (χ2n) is 5.11. The van der Waals surface area contributed by atoms with Crippen molar-refractivity contribution in [2.75, 3.05) is 0 Å². The molecule has 1 aromatic carbocycles. The van der Waals surface area contributed by atoms with Gasteiger partial charge in [-0.2, -0.15) is 0 Å². The molecule has 0 spiro atoms. The van der Waals surface area contributed by atoms with Crippen molar-refractivity contribution in [3.05, 3.63) is 42.0 Å². The second kappa shape index (κ2) is 3.84. The van der Waals surface area contributed by atoms with E-state index in [4.69, 9.17) is 0 Å². The van der Waals surface area contributed by atoms with Gasteiger partial charge in [0.25, 0.3) is 0 Å². The number of fused-ring (bicyclic) bond motifs is 2. The minimum absolute atomic E-state index is 0.879. The van der Waals surface area contributed by atoms with Gasteiger partial charge >= 0.3 is 0 Å². The number of rotatable bonds is 2. The van der Waals surface area contributed by atoms with Crippen LogP contribution in [0.4, 0.5) is 0 Å². The predicted octanol–water partition coefficient (Wildman–Crippen LogP) is 4.14. The van der Waals surface area contributed by atoms with Crippen molar-refractivity contribution in [2.45, 2.75) is 25.7 Å². The minimum atomic E-state index is 0.879. The second-order valence-corrected chi connectivity index (χ2v) is 5.11. The highest BCUT2D eigenvalue weighted by Crippen LogP contribution is 2.48. The van der Waals surface area contributed by atoms with Gasteiger partial charge in [0.05, 0.1) is 0 Å². The fourth-order valence-electron chi connectivity index (χ4n) is 3.33. The highest BCUT2D eigenvalue weighted by molar-refractivity contribution is 5.49. The van der Waals surface area contributed by atoms with Gasteiger partial charge in [0.15, 0.2) is 0 Å². The summed E-state index contributed by atoms with van der Waals surface area (Å²) in [6.45, 7) is 0. The van der Waals surface area contributed by atoms with Gasteiger partial charge < -0.3 is 0 Å². The molecule has 3 atom stereocenters.